The van der Waals surface area contributed by atoms with E-state index in [9.17, 15) is 9.59 Å². The maximum atomic E-state index is 12.6. The number of carbonyl (C=O) groups excluding carboxylic acids is 2. The molecule has 2 aromatic heterocycles. The number of aryl methyl sites for hydroxylation is 2. The van der Waals surface area contributed by atoms with E-state index in [-0.39, 0.29) is 17.6 Å². The van der Waals surface area contributed by atoms with Crippen LogP contribution in [0.3, 0.4) is 0 Å². The van der Waals surface area contributed by atoms with Crippen LogP contribution in [-0.2, 0) is 0 Å². The number of oxazole rings is 1. The minimum atomic E-state index is -0.377. The highest BCUT2D eigenvalue weighted by atomic mass is 16.3. The first-order chi connectivity index (χ1) is 13.5. The number of nitrogens with zero attached hydrogens (tertiary/aromatic N) is 1. The molecule has 0 fully saturated rings. The van der Waals surface area contributed by atoms with Gasteiger partial charge >= 0.3 is 0 Å². The predicted molar refractivity (Wildman–Crippen MR) is 105 cm³/mol. The second-order valence-corrected chi connectivity index (χ2v) is 6.33. The van der Waals surface area contributed by atoms with E-state index in [4.69, 9.17) is 8.83 Å². The lowest BCUT2D eigenvalue weighted by molar-refractivity contribution is 0.0993. The number of furan rings is 1. The highest BCUT2D eigenvalue weighted by Gasteiger charge is 2.14. The van der Waals surface area contributed by atoms with E-state index in [1.165, 1.54) is 6.26 Å². The number of hydrogen-bond donors (Lipinski definition) is 2. The predicted octanol–water partition coefficient (Wildman–Crippen LogP) is 4.54. The van der Waals surface area contributed by atoms with Gasteiger partial charge in [-0.3, -0.25) is 9.59 Å². The Balaban J connectivity index is 1.54. The van der Waals surface area contributed by atoms with E-state index < -0.39 is 0 Å². The Morgan fingerprint density at radius 2 is 1.82 bits per heavy atom. The lowest BCUT2D eigenvalue weighted by Gasteiger charge is -2.10. The molecule has 0 saturated heterocycles. The Kier molecular flexibility index (Phi) is 4.41. The maximum absolute atomic E-state index is 12.6. The number of fused-ring (bicyclic) bond motifs is 1. The minimum absolute atomic E-state index is 0.200. The number of benzene rings is 2. The van der Waals surface area contributed by atoms with Gasteiger partial charge in [-0.25, -0.2) is 4.98 Å². The zero-order chi connectivity index (χ0) is 19.7. The molecule has 0 aliphatic rings. The van der Waals surface area contributed by atoms with E-state index in [1.807, 2.05) is 6.92 Å². The van der Waals surface area contributed by atoms with Crippen LogP contribution in [0.4, 0.5) is 11.4 Å². The van der Waals surface area contributed by atoms with E-state index in [0.29, 0.717) is 33.9 Å². The third-order valence-electron chi connectivity index (χ3n) is 4.25. The molecule has 0 bridgehead atoms. The summed E-state index contributed by atoms with van der Waals surface area (Å²) in [5.41, 5.74) is 3.72. The van der Waals surface area contributed by atoms with Gasteiger partial charge in [-0.1, -0.05) is 6.07 Å². The monoisotopic (exact) mass is 375 g/mol. The van der Waals surface area contributed by atoms with Gasteiger partial charge in [-0.05, 0) is 55.0 Å². The highest BCUT2D eigenvalue weighted by molar-refractivity contribution is 6.07. The second kappa shape index (κ2) is 7.03. The van der Waals surface area contributed by atoms with E-state index in [2.05, 4.69) is 15.6 Å². The zero-order valence-electron chi connectivity index (χ0n) is 15.3. The lowest BCUT2D eigenvalue weighted by atomic mass is 10.1. The van der Waals surface area contributed by atoms with Gasteiger partial charge in [0.2, 0.25) is 0 Å². The van der Waals surface area contributed by atoms with Crippen LogP contribution in [-0.4, -0.2) is 16.8 Å². The number of carbonyl (C=O) groups is 2. The summed E-state index contributed by atoms with van der Waals surface area (Å²) in [7, 11) is 0. The molecule has 2 heterocycles. The summed E-state index contributed by atoms with van der Waals surface area (Å²) in [4.78, 5) is 29.1. The van der Waals surface area contributed by atoms with Crippen molar-refractivity contribution in [2.24, 2.45) is 0 Å². The molecule has 2 amide bonds. The van der Waals surface area contributed by atoms with Gasteiger partial charge in [0.05, 0.1) is 6.26 Å². The molecule has 0 aliphatic carbocycles. The van der Waals surface area contributed by atoms with Gasteiger partial charge in [0.15, 0.2) is 17.2 Å². The molecule has 28 heavy (non-hydrogen) atoms. The summed E-state index contributed by atoms with van der Waals surface area (Å²) in [5.74, 6) is 0.0880. The van der Waals surface area contributed by atoms with Crippen molar-refractivity contribution in [3.8, 4) is 0 Å². The van der Waals surface area contributed by atoms with Gasteiger partial charge in [-0.2, -0.15) is 0 Å². The standard InChI is InChI=1S/C21H17N3O4/c1-12-5-6-14(10-16(12)24-21(26)19-4-3-9-27-19)20(25)23-15-7-8-18-17(11-15)22-13(2)28-18/h3-11H,1-2H3,(H,23,25)(H,24,26). The smallest absolute Gasteiger partial charge is 0.291 e. The number of hydrogen-bond acceptors (Lipinski definition) is 5. The fraction of sp³-hybridized carbons (Fsp3) is 0.0952. The van der Waals surface area contributed by atoms with Crippen molar-refractivity contribution in [2.45, 2.75) is 13.8 Å². The quantitative estimate of drug-likeness (QED) is 0.546. The van der Waals surface area contributed by atoms with Crippen LogP contribution in [0, 0.1) is 13.8 Å². The van der Waals surface area contributed by atoms with Gasteiger partial charge in [0, 0.05) is 23.9 Å². The molecule has 140 valence electrons. The summed E-state index contributed by atoms with van der Waals surface area (Å²) < 4.78 is 10.5. The third-order valence-corrected chi connectivity index (χ3v) is 4.25. The van der Waals surface area contributed by atoms with Gasteiger partial charge in [0.25, 0.3) is 11.8 Å². The van der Waals surface area contributed by atoms with Crippen molar-refractivity contribution in [2.75, 3.05) is 10.6 Å². The fourth-order valence-corrected chi connectivity index (χ4v) is 2.81. The molecular formula is C21H17N3O4. The number of aromatic nitrogens is 1. The SMILES string of the molecule is Cc1nc2cc(NC(=O)c3ccc(C)c(NC(=O)c4ccco4)c3)ccc2o1. The normalized spacial score (nSPS) is 10.8. The Morgan fingerprint density at radius 3 is 2.61 bits per heavy atom. The van der Waals surface area contributed by atoms with Crippen molar-refractivity contribution in [3.63, 3.8) is 0 Å². The Morgan fingerprint density at radius 1 is 0.964 bits per heavy atom. The molecule has 4 aromatic rings. The number of amides is 2. The molecule has 0 radical (unpaired) electrons. The number of nitrogens with one attached hydrogen (secondary N) is 2. The van der Waals surface area contributed by atoms with Crippen LogP contribution in [0.2, 0.25) is 0 Å². The van der Waals surface area contributed by atoms with E-state index in [1.54, 1.807) is 55.5 Å². The first-order valence-electron chi connectivity index (χ1n) is 8.63. The van der Waals surface area contributed by atoms with Crippen molar-refractivity contribution in [3.05, 3.63) is 77.6 Å². The lowest BCUT2D eigenvalue weighted by Crippen LogP contribution is -2.15. The van der Waals surface area contributed by atoms with Crippen LogP contribution in [0.1, 0.15) is 32.4 Å². The van der Waals surface area contributed by atoms with Gasteiger partial charge in [-0.15, -0.1) is 0 Å². The Hall–Kier alpha value is -3.87. The minimum Gasteiger partial charge on any atom is -0.459 e. The zero-order valence-corrected chi connectivity index (χ0v) is 15.3. The summed E-state index contributed by atoms with van der Waals surface area (Å²) in [6.45, 7) is 3.61. The molecular weight excluding hydrogens is 358 g/mol. The molecule has 0 unspecified atom stereocenters. The van der Waals surface area contributed by atoms with Crippen molar-refractivity contribution in [1.82, 2.24) is 4.98 Å². The van der Waals surface area contributed by atoms with Gasteiger partial charge < -0.3 is 19.5 Å². The molecule has 2 N–H and O–H groups in total. The average Bonchev–Trinajstić information content (AvgIpc) is 3.32. The maximum Gasteiger partial charge on any atom is 0.291 e. The molecule has 0 saturated carbocycles. The van der Waals surface area contributed by atoms with E-state index in [0.717, 1.165) is 5.56 Å². The molecule has 4 rings (SSSR count). The van der Waals surface area contributed by atoms with Crippen LogP contribution >= 0.6 is 0 Å². The summed E-state index contributed by atoms with van der Waals surface area (Å²) in [5, 5.41) is 5.60. The number of rotatable bonds is 4. The Bertz CT molecular complexity index is 1180. The number of anilines is 2. The Labute approximate surface area is 160 Å². The topological polar surface area (TPSA) is 97.4 Å². The van der Waals surface area contributed by atoms with Crippen LogP contribution in [0.5, 0.6) is 0 Å². The van der Waals surface area contributed by atoms with Crippen LogP contribution < -0.4 is 10.6 Å². The molecule has 7 heteroatoms. The first-order valence-corrected chi connectivity index (χ1v) is 8.63. The molecule has 0 atom stereocenters. The first kappa shape index (κ1) is 17.5. The van der Waals surface area contributed by atoms with Gasteiger partial charge in [0.1, 0.15) is 5.52 Å². The van der Waals surface area contributed by atoms with Crippen molar-refractivity contribution < 1.29 is 18.4 Å². The van der Waals surface area contributed by atoms with E-state index >= 15 is 0 Å². The second-order valence-electron chi connectivity index (χ2n) is 6.33. The van der Waals surface area contributed by atoms with Crippen LogP contribution in [0.15, 0.2) is 63.6 Å². The molecule has 7 nitrogen and oxygen atoms in total. The largest absolute Gasteiger partial charge is 0.459 e. The average molecular weight is 375 g/mol. The molecule has 0 aliphatic heterocycles. The van der Waals surface area contributed by atoms with Crippen LogP contribution in [0.25, 0.3) is 11.1 Å². The molecule has 2 aromatic carbocycles. The summed E-state index contributed by atoms with van der Waals surface area (Å²) >= 11 is 0. The summed E-state index contributed by atoms with van der Waals surface area (Å²) in [6, 6.07) is 13.6. The molecule has 0 spiro atoms. The highest BCUT2D eigenvalue weighted by Crippen LogP contribution is 2.22. The van der Waals surface area contributed by atoms with Crippen molar-refractivity contribution >= 4 is 34.3 Å². The summed E-state index contributed by atoms with van der Waals surface area (Å²) in [6.07, 6.45) is 1.43. The fourth-order valence-electron chi connectivity index (χ4n) is 2.81. The van der Waals surface area contributed by atoms with Crippen molar-refractivity contribution in [1.29, 1.82) is 0 Å². The third kappa shape index (κ3) is 3.50.